The summed E-state index contributed by atoms with van der Waals surface area (Å²) in [6.07, 6.45) is 0.738. The number of aromatic hydroxyl groups is 1. The zero-order chi connectivity index (χ0) is 14.5. The number of halogens is 1. The lowest BCUT2D eigenvalue weighted by atomic mass is 10.1. The molecule has 0 bridgehead atoms. The maximum atomic E-state index is 12.0. The minimum Gasteiger partial charge on any atom is -0.508 e. The van der Waals surface area contributed by atoms with Crippen LogP contribution < -0.4 is 5.32 Å². The van der Waals surface area contributed by atoms with E-state index < -0.39 is 0 Å². The molecular formula is C16H16BrNO2. The lowest BCUT2D eigenvalue weighted by Crippen LogP contribution is -2.25. The van der Waals surface area contributed by atoms with Gasteiger partial charge in [-0.2, -0.15) is 0 Å². The lowest BCUT2D eigenvalue weighted by molar-refractivity contribution is 0.0954. The zero-order valence-electron chi connectivity index (χ0n) is 11.2. The Balaban J connectivity index is 1.88. The van der Waals surface area contributed by atoms with E-state index in [0.717, 1.165) is 22.0 Å². The van der Waals surface area contributed by atoms with Crippen LogP contribution in [-0.2, 0) is 6.42 Å². The Morgan fingerprint density at radius 1 is 1.20 bits per heavy atom. The Bertz CT molecular complexity index is 608. The molecule has 0 heterocycles. The third-order valence-corrected chi connectivity index (χ3v) is 3.95. The van der Waals surface area contributed by atoms with E-state index in [1.165, 1.54) is 0 Å². The van der Waals surface area contributed by atoms with Crippen LogP contribution in [0.1, 0.15) is 21.5 Å². The van der Waals surface area contributed by atoms with Gasteiger partial charge in [0.05, 0.1) is 0 Å². The SMILES string of the molecule is Cc1cc(C(=O)NCCc2ccc(O)cc2)ccc1Br. The fourth-order valence-electron chi connectivity index (χ4n) is 1.87. The van der Waals surface area contributed by atoms with Crippen LogP contribution in [0.25, 0.3) is 0 Å². The monoisotopic (exact) mass is 333 g/mol. The summed E-state index contributed by atoms with van der Waals surface area (Å²) in [5.41, 5.74) is 2.78. The van der Waals surface area contributed by atoms with E-state index in [4.69, 9.17) is 0 Å². The van der Waals surface area contributed by atoms with Crippen molar-refractivity contribution in [3.63, 3.8) is 0 Å². The van der Waals surface area contributed by atoms with Gasteiger partial charge in [0.1, 0.15) is 5.75 Å². The van der Waals surface area contributed by atoms with Crippen LogP contribution in [0.4, 0.5) is 0 Å². The number of benzene rings is 2. The van der Waals surface area contributed by atoms with Gasteiger partial charge >= 0.3 is 0 Å². The highest BCUT2D eigenvalue weighted by Gasteiger charge is 2.06. The van der Waals surface area contributed by atoms with E-state index in [1.54, 1.807) is 18.2 Å². The molecule has 1 amide bonds. The molecule has 0 aromatic heterocycles. The molecule has 0 aliphatic heterocycles. The third kappa shape index (κ3) is 3.84. The Morgan fingerprint density at radius 2 is 1.90 bits per heavy atom. The number of amides is 1. The van der Waals surface area contributed by atoms with E-state index in [-0.39, 0.29) is 11.7 Å². The third-order valence-electron chi connectivity index (χ3n) is 3.06. The fourth-order valence-corrected chi connectivity index (χ4v) is 2.12. The molecule has 0 aliphatic carbocycles. The summed E-state index contributed by atoms with van der Waals surface area (Å²) in [5, 5.41) is 12.1. The predicted octanol–water partition coefficient (Wildman–Crippen LogP) is 3.44. The summed E-state index contributed by atoms with van der Waals surface area (Å²) < 4.78 is 0.998. The first-order valence-electron chi connectivity index (χ1n) is 6.38. The highest BCUT2D eigenvalue weighted by atomic mass is 79.9. The molecule has 0 saturated heterocycles. The average molecular weight is 334 g/mol. The van der Waals surface area contributed by atoms with Crippen LogP contribution in [0, 0.1) is 6.92 Å². The second-order valence-electron chi connectivity index (χ2n) is 4.64. The standard InChI is InChI=1S/C16H16BrNO2/c1-11-10-13(4-7-15(11)17)16(20)18-9-8-12-2-5-14(19)6-3-12/h2-7,10,19H,8-9H2,1H3,(H,18,20). The van der Waals surface area contributed by atoms with Gasteiger partial charge in [-0.25, -0.2) is 0 Å². The summed E-state index contributed by atoms with van der Waals surface area (Å²) in [6.45, 7) is 2.52. The van der Waals surface area contributed by atoms with Crippen molar-refractivity contribution in [2.75, 3.05) is 6.54 Å². The number of aryl methyl sites for hydroxylation is 1. The van der Waals surface area contributed by atoms with Gasteiger partial charge in [-0.15, -0.1) is 0 Å². The molecule has 2 N–H and O–H groups in total. The van der Waals surface area contributed by atoms with Crippen LogP contribution in [0.3, 0.4) is 0 Å². The smallest absolute Gasteiger partial charge is 0.251 e. The van der Waals surface area contributed by atoms with E-state index >= 15 is 0 Å². The van der Waals surface area contributed by atoms with Crippen LogP contribution in [-0.4, -0.2) is 17.6 Å². The fraction of sp³-hybridized carbons (Fsp3) is 0.188. The number of nitrogens with one attached hydrogen (secondary N) is 1. The van der Waals surface area contributed by atoms with Gasteiger partial charge in [0.15, 0.2) is 0 Å². The first-order valence-corrected chi connectivity index (χ1v) is 7.18. The molecule has 4 heteroatoms. The molecule has 3 nitrogen and oxygen atoms in total. The van der Waals surface area contributed by atoms with Crippen molar-refractivity contribution in [3.8, 4) is 5.75 Å². The molecule has 0 radical (unpaired) electrons. The van der Waals surface area contributed by atoms with Gasteiger partial charge in [0.25, 0.3) is 5.91 Å². The Labute approximate surface area is 126 Å². The van der Waals surface area contributed by atoms with E-state index in [2.05, 4.69) is 21.2 Å². The molecule has 0 fully saturated rings. The zero-order valence-corrected chi connectivity index (χ0v) is 12.8. The summed E-state index contributed by atoms with van der Waals surface area (Å²) in [5.74, 6) is 0.183. The van der Waals surface area contributed by atoms with Gasteiger partial charge in [0.2, 0.25) is 0 Å². The highest BCUT2D eigenvalue weighted by molar-refractivity contribution is 9.10. The molecule has 2 aromatic rings. The summed E-state index contributed by atoms with van der Waals surface area (Å²) in [4.78, 5) is 12.0. The summed E-state index contributed by atoms with van der Waals surface area (Å²) in [6, 6.07) is 12.5. The van der Waals surface area contributed by atoms with Crippen molar-refractivity contribution in [3.05, 3.63) is 63.6 Å². The van der Waals surface area contributed by atoms with Crippen molar-refractivity contribution in [1.82, 2.24) is 5.32 Å². The molecule has 0 saturated carbocycles. The molecule has 20 heavy (non-hydrogen) atoms. The van der Waals surface area contributed by atoms with Gasteiger partial charge in [-0.3, -0.25) is 4.79 Å². The number of carbonyl (C=O) groups excluding carboxylic acids is 1. The summed E-state index contributed by atoms with van der Waals surface area (Å²) >= 11 is 3.42. The Morgan fingerprint density at radius 3 is 2.55 bits per heavy atom. The minimum atomic E-state index is -0.0700. The normalized spacial score (nSPS) is 10.3. The first kappa shape index (κ1) is 14.6. The minimum absolute atomic E-state index is 0.0700. The molecule has 104 valence electrons. The van der Waals surface area contributed by atoms with Crippen LogP contribution in [0.15, 0.2) is 46.9 Å². The number of hydrogen-bond donors (Lipinski definition) is 2. The molecular weight excluding hydrogens is 318 g/mol. The maximum Gasteiger partial charge on any atom is 0.251 e. The van der Waals surface area contributed by atoms with Gasteiger partial charge in [-0.05, 0) is 54.8 Å². The van der Waals surface area contributed by atoms with E-state index in [9.17, 15) is 9.90 Å². The van der Waals surface area contributed by atoms with Crippen LogP contribution in [0.2, 0.25) is 0 Å². The number of phenolic OH excluding ortho intramolecular Hbond substituents is 1. The molecule has 0 spiro atoms. The average Bonchev–Trinajstić information content (AvgIpc) is 2.44. The van der Waals surface area contributed by atoms with E-state index in [1.807, 2.05) is 31.2 Å². The number of rotatable bonds is 4. The van der Waals surface area contributed by atoms with Crippen LogP contribution >= 0.6 is 15.9 Å². The summed E-state index contributed by atoms with van der Waals surface area (Å²) in [7, 11) is 0. The molecule has 2 aromatic carbocycles. The maximum absolute atomic E-state index is 12.0. The van der Waals surface area contributed by atoms with Crippen molar-refractivity contribution in [1.29, 1.82) is 0 Å². The van der Waals surface area contributed by atoms with Gasteiger partial charge < -0.3 is 10.4 Å². The van der Waals surface area contributed by atoms with E-state index in [0.29, 0.717) is 12.1 Å². The topological polar surface area (TPSA) is 49.3 Å². The van der Waals surface area contributed by atoms with Crippen molar-refractivity contribution < 1.29 is 9.90 Å². The second-order valence-corrected chi connectivity index (χ2v) is 5.49. The quantitative estimate of drug-likeness (QED) is 0.900. The predicted molar refractivity (Wildman–Crippen MR) is 83.0 cm³/mol. The molecule has 0 atom stereocenters. The van der Waals surface area contributed by atoms with Crippen molar-refractivity contribution >= 4 is 21.8 Å². The largest absolute Gasteiger partial charge is 0.508 e. The lowest BCUT2D eigenvalue weighted by Gasteiger charge is -2.07. The Hall–Kier alpha value is -1.81. The van der Waals surface area contributed by atoms with Gasteiger partial charge in [-0.1, -0.05) is 28.1 Å². The first-order chi connectivity index (χ1) is 9.56. The Kier molecular flexibility index (Phi) is 4.79. The molecule has 2 rings (SSSR count). The number of carbonyl (C=O) groups is 1. The molecule has 0 aliphatic rings. The van der Waals surface area contributed by atoms with Gasteiger partial charge in [0, 0.05) is 16.6 Å². The van der Waals surface area contributed by atoms with Crippen molar-refractivity contribution in [2.24, 2.45) is 0 Å². The van der Waals surface area contributed by atoms with Crippen LogP contribution in [0.5, 0.6) is 5.75 Å². The highest BCUT2D eigenvalue weighted by Crippen LogP contribution is 2.17. The van der Waals surface area contributed by atoms with Crippen molar-refractivity contribution in [2.45, 2.75) is 13.3 Å². The number of hydrogen-bond acceptors (Lipinski definition) is 2. The number of phenols is 1. The molecule has 0 unspecified atom stereocenters. The second kappa shape index (κ2) is 6.57.